The van der Waals surface area contributed by atoms with Crippen LogP contribution in [0.4, 0.5) is 11.4 Å². The highest BCUT2D eigenvalue weighted by Crippen LogP contribution is 2.26. The molecule has 0 spiro atoms. The number of benzene rings is 1. The van der Waals surface area contributed by atoms with Crippen molar-refractivity contribution in [3.05, 3.63) is 33.9 Å². The molecule has 0 aliphatic carbocycles. The fourth-order valence-corrected chi connectivity index (χ4v) is 1.93. The molecule has 0 radical (unpaired) electrons. The first kappa shape index (κ1) is 16.4. The monoisotopic (exact) mass is 279 g/mol. The minimum Gasteiger partial charge on any atom is -0.385 e. The topological polar surface area (TPSA) is 58.4 Å². The van der Waals surface area contributed by atoms with E-state index in [2.05, 4.69) is 38.0 Å². The number of nitro groups is 1. The molecule has 112 valence electrons. The number of nitro benzene ring substituents is 1. The predicted molar refractivity (Wildman–Crippen MR) is 83.1 cm³/mol. The van der Waals surface area contributed by atoms with Crippen molar-refractivity contribution in [2.45, 2.75) is 46.2 Å². The van der Waals surface area contributed by atoms with Gasteiger partial charge < -0.3 is 5.32 Å². The second kappa shape index (κ2) is 6.70. The lowest BCUT2D eigenvalue weighted by molar-refractivity contribution is -0.384. The summed E-state index contributed by atoms with van der Waals surface area (Å²) in [5.41, 5.74) is 2.14. The van der Waals surface area contributed by atoms with Gasteiger partial charge in [0.25, 0.3) is 5.69 Å². The van der Waals surface area contributed by atoms with Gasteiger partial charge in [-0.25, -0.2) is 0 Å². The molecule has 0 amide bonds. The Balaban J connectivity index is 3.06. The third-order valence-corrected chi connectivity index (χ3v) is 3.97. The van der Waals surface area contributed by atoms with E-state index in [-0.39, 0.29) is 16.1 Å². The summed E-state index contributed by atoms with van der Waals surface area (Å²) in [4.78, 5) is 12.8. The van der Waals surface area contributed by atoms with E-state index in [1.807, 2.05) is 6.92 Å². The highest BCUT2D eigenvalue weighted by Gasteiger charge is 2.22. The van der Waals surface area contributed by atoms with Gasteiger partial charge in [0.05, 0.1) is 4.92 Å². The van der Waals surface area contributed by atoms with Crippen molar-refractivity contribution < 1.29 is 4.92 Å². The first-order valence-electron chi connectivity index (χ1n) is 7.04. The van der Waals surface area contributed by atoms with Crippen LogP contribution in [0.3, 0.4) is 0 Å². The van der Waals surface area contributed by atoms with Crippen molar-refractivity contribution in [3.63, 3.8) is 0 Å². The molecular formula is C15H25N3O2. The fourth-order valence-electron chi connectivity index (χ4n) is 1.93. The second-order valence-electron chi connectivity index (χ2n) is 5.65. The third-order valence-electron chi connectivity index (χ3n) is 3.97. The number of hydrogen-bond donors (Lipinski definition) is 1. The second-order valence-corrected chi connectivity index (χ2v) is 5.65. The number of non-ortho nitro benzene ring substituents is 1. The Labute approximate surface area is 121 Å². The van der Waals surface area contributed by atoms with Gasteiger partial charge in [0.1, 0.15) is 0 Å². The van der Waals surface area contributed by atoms with E-state index in [0.29, 0.717) is 6.54 Å². The van der Waals surface area contributed by atoms with E-state index in [1.165, 1.54) is 0 Å². The lowest BCUT2D eigenvalue weighted by Crippen LogP contribution is -2.39. The van der Waals surface area contributed by atoms with Crippen molar-refractivity contribution >= 4 is 11.4 Å². The Kier molecular flexibility index (Phi) is 5.51. The predicted octanol–water partition coefficient (Wildman–Crippen LogP) is 3.65. The molecule has 0 bridgehead atoms. The molecule has 20 heavy (non-hydrogen) atoms. The molecule has 0 aliphatic rings. The van der Waals surface area contributed by atoms with Crippen LogP contribution in [0, 0.1) is 10.1 Å². The molecule has 0 heterocycles. The van der Waals surface area contributed by atoms with Crippen LogP contribution in [-0.4, -0.2) is 29.0 Å². The molecule has 1 aromatic rings. The Morgan fingerprint density at radius 1 is 1.35 bits per heavy atom. The maximum Gasteiger partial charge on any atom is 0.269 e. The first-order valence-corrected chi connectivity index (χ1v) is 7.04. The minimum absolute atomic E-state index is 0.0636. The largest absolute Gasteiger partial charge is 0.385 e. The van der Waals surface area contributed by atoms with E-state index in [1.54, 1.807) is 18.2 Å². The summed E-state index contributed by atoms with van der Waals surface area (Å²) in [7, 11) is 2.05. The van der Waals surface area contributed by atoms with Gasteiger partial charge in [-0.1, -0.05) is 6.92 Å². The average Bonchev–Trinajstić information content (AvgIpc) is 2.40. The number of nitrogens with zero attached hydrogens (tertiary/aromatic N) is 2. The lowest BCUT2D eigenvalue weighted by atomic mass is 9.99. The molecule has 0 saturated carbocycles. The molecule has 1 N–H and O–H groups in total. The van der Waals surface area contributed by atoms with Crippen molar-refractivity contribution in [2.75, 3.05) is 18.9 Å². The van der Waals surface area contributed by atoms with Crippen LogP contribution in [0.25, 0.3) is 0 Å². The van der Waals surface area contributed by atoms with Crippen LogP contribution < -0.4 is 5.32 Å². The van der Waals surface area contributed by atoms with Gasteiger partial charge in [-0.05, 0) is 45.9 Å². The van der Waals surface area contributed by atoms with Crippen molar-refractivity contribution in [3.8, 4) is 0 Å². The number of rotatable bonds is 7. The smallest absolute Gasteiger partial charge is 0.269 e. The molecule has 0 unspecified atom stereocenters. The summed E-state index contributed by atoms with van der Waals surface area (Å²) in [5.74, 6) is 0. The zero-order chi connectivity index (χ0) is 15.3. The van der Waals surface area contributed by atoms with Gasteiger partial charge in [-0.3, -0.25) is 15.0 Å². The summed E-state index contributed by atoms with van der Waals surface area (Å²) in [5, 5.41) is 14.2. The van der Waals surface area contributed by atoms with Crippen molar-refractivity contribution in [1.29, 1.82) is 0 Å². The highest BCUT2D eigenvalue weighted by molar-refractivity contribution is 5.56. The third kappa shape index (κ3) is 3.93. The van der Waals surface area contributed by atoms with Crippen LogP contribution in [-0.2, 0) is 6.54 Å². The molecule has 5 nitrogen and oxygen atoms in total. The first-order chi connectivity index (χ1) is 9.31. The van der Waals surface area contributed by atoms with E-state index in [9.17, 15) is 10.1 Å². The van der Waals surface area contributed by atoms with Gasteiger partial charge in [0.15, 0.2) is 0 Å². The van der Waals surface area contributed by atoms with Crippen LogP contribution in [0.15, 0.2) is 18.2 Å². The number of hydrogen-bond acceptors (Lipinski definition) is 4. The summed E-state index contributed by atoms with van der Waals surface area (Å²) in [6, 6.07) is 5.01. The van der Waals surface area contributed by atoms with E-state index >= 15 is 0 Å². The normalized spacial score (nSPS) is 11.7. The molecule has 1 aromatic carbocycles. The summed E-state index contributed by atoms with van der Waals surface area (Å²) in [6.45, 7) is 10.0. The quantitative estimate of drug-likeness (QED) is 0.611. The van der Waals surface area contributed by atoms with Crippen LogP contribution in [0.5, 0.6) is 0 Å². The zero-order valence-electron chi connectivity index (χ0n) is 13.1. The van der Waals surface area contributed by atoms with Gasteiger partial charge in [0, 0.05) is 36.4 Å². The minimum atomic E-state index is -0.343. The number of nitrogens with one attached hydrogen (secondary N) is 1. The molecule has 1 rings (SSSR count). The molecule has 5 heteroatoms. The average molecular weight is 279 g/mol. The van der Waals surface area contributed by atoms with Gasteiger partial charge in [-0.2, -0.15) is 0 Å². The van der Waals surface area contributed by atoms with E-state index in [0.717, 1.165) is 24.2 Å². The molecule has 0 aliphatic heterocycles. The van der Waals surface area contributed by atoms with Gasteiger partial charge in [-0.15, -0.1) is 0 Å². The van der Waals surface area contributed by atoms with E-state index < -0.39 is 0 Å². The van der Waals surface area contributed by atoms with Crippen molar-refractivity contribution in [2.24, 2.45) is 0 Å². The van der Waals surface area contributed by atoms with Crippen LogP contribution in [0.2, 0.25) is 0 Å². The molecule has 0 fully saturated rings. The highest BCUT2D eigenvalue weighted by atomic mass is 16.6. The SMILES string of the molecule is CCNc1ccc([N+](=O)[O-])cc1CN(C)C(C)(C)CC. The Hall–Kier alpha value is -1.62. The maximum atomic E-state index is 10.9. The summed E-state index contributed by atoms with van der Waals surface area (Å²) < 4.78 is 0. The standard InChI is InChI=1S/C15H25N3O2/c1-6-15(3,4)17(5)11-12-10-13(18(19)20)8-9-14(12)16-7-2/h8-10,16H,6-7,11H2,1-5H3. The van der Waals surface area contributed by atoms with E-state index in [4.69, 9.17) is 0 Å². The van der Waals surface area contributed by atoms with Crippen molar-refractivity contribution in [1.82, 2.24) is 4.90 Å². The summed E-state index contributed by atoms with van der Waals surface area (Å²) >= 11 is 0. The molecular weight excluding hydrogens is 254 g/mol. The van der Waals surface area contributed by atoms with Gasteiger partial charge in [0.2, 0.25) is 0 Å². The number of anilines is 1. The molecule has 0 saturated heterocycles. The maximum absolute atomic E-state index is 10.9. The van der Waals surface area contributed by atoms with Crippen LogP contribution in [0.1, 0.15) is 39.7 Å². The Morgan fingerprint density at radius 2 is 2.00 bits per heavy atom. The summed E-state index contributed by atoms with van der Waals surface area (Å²) in [6.07, 6.45) is 1.02. The molecule has 0 aromatic heterocycles. The van der Waals surface area contributed by atoms with Gasteiger partial charge >= 0.3 is 0 Å². The van der Waals surface area contributed by atoms with Crippen LogP contribution >= 0.6 is 0 Å². The lowest BCUT2D eigenvalue weighted by Gasteiger charge is -2.35. The zero-order valence-corrected chi connectivity index (χ0v) is 13.1. The molecule has 0 atom stereocenters. The fraction of sp³-hybridized carbons (Fsp3) is 0.600. The Bertz CT molecular complexity index is 472. The Morgan fingerprint density at radius 3 is 2.50 bits per heavy atom.